The first-order valence-corrected chi connectivity index (χ1v) is 7.58. The first-order valence-electron chi connectivity index (χ1n) is 7.20. The fraction of sp³-hybridized carbons (Fsp3) is 0. The predicted octanol–water partition coefficient (Wildman–Crippen LogP) is 5.68. The van der Waals surface area contributed by atoms with Crippen LogP contribution in [0.25, 0.3) is 43.6 Å². The fourth-order valence-electron chi connectivity index (χ4n) is 3.27. The Bertz CT molecular complexity index is 1190. The van der Waals surface area contributed by atoms with Crippen LogP contribution in [0, 0.1) is 0 Å². The highest BCUT2D eigenvalue weighted by atomic mass is 35.5. The van der Waals surface area contributed by atoms with Crippen molar-refractivity contribution in [1.82, 2.24) is 9.97 Å². The molecule has 0 aliphatic carbocycles. The Labute approximate surface area is 131 Å². The number of nitrogens with one attached hydrogen (secondary N) is 1. The minimum atomic E-state index is 0.785. The van der Waals surface area contributed by atoms with Crippen LogP contribution in [-0.4, -0.2) is 9.97 Å². The van der Waals surface area contributed by atoms with Gasteiger partial charge in [0.25, 0.3) is 0 Å². The summed E-state index contributed by atoms with van der Waals surface area (Å²) in [6, 6.07) is 20.4. The van der Waals surface area contributed by atoms with Crippen LogP contribution < -0.4 is 0 Å². The van der Waals surface area contributed by atoms with Crippen molar-refractivity contribution in [3.05, 3.63) is 65.7 Å². The number of H-pyrrole nitrogens is 1. The number of nitrogens with zero attached hydrogens (tertiary/aromatic N) is 1. The van der Waals surface area contributed by atoms with Gasteiger partial charge >= 0.3 is 0 Å². The molecular formula is C19H11ClN2. The summed E-state index contributed by atoms with van der Waals surface area (Å²) in [7, 11) is 0. The Kier molecular flexibility index (Phi) is 2.30. The number of pyridine rings is 1. The van der Waals surface area contributed by atoms with Gasteiger partial charge in [0, 0.05) is 32.6 Å². The predicted molar refractivity (Wildman–Crippen MR) is 93.6 cm³/mol. The molecule has 104 valence electrons. The molecule has 0 saturated carbocycles. The van der Waals surface area contributed by atoms with E-state index in [1.807, 2.05) is 42.5 Å². The fourth-order valence-corrected chi connectivity index (χ4v) is 3.63. The molecule has 0 spiro atoms. The van der Waals surface area contributed by atoms with Crippen molar-refractivity contribution in [2.75, 3.05) is 0 Å². The minimum Gasteiger partial charge on any atom is -0.354 e. The molecular weight excluding hydrogens is 292 g/mol. The zero-order chi connectivity index (χ0) is 14.7. The summed E-state index contributed by atoms with van der Waals surface area (Å²) in [5.74, 6) is 0. The van der Waals surface area contributed by atoms with Gasteiger partial charge < -0.3 is 4.98 Å². The van der Waals surface area contributed by atoms with E-state index in [1.54, 1.807) is 0 Å². The van der Waals surface area contributed by atoms with E-state index in [4.69, 9.17) is 16.6 Å². The van der Waals surface area contributed by atoms with Crippen molar-refractivity contribution in [2.24, 2.45) is 0 Å². The maximum Gasteiger partial charge on any atom is 0.0724 e. The zero-order valence-electron chi connectivity index (χ0n) is 11.6. The number of aromatic amines is 1. The molecule has 5 aromatic rings. The highest BCUT2D eigenvalue weighted by molar-refractivity contribution is 6.43. The molecule has 1 N–H and O–H groups in total. The van der Waals surface area contributed by atoms with Crippen LogP contribution in [0.5, 0.6) is 0 Å². The topological polar surface area (TPSA) is 28.7 Å². The molecule has 0 aliphatic rings. The van der Waals surface area contributed by atoms with Crippen LogP contribution >= 0.6 is 11.6 Å². The Balaban J connectivity index is 2.14. The Morgan fingerprint density at radius 1 is 0.682 bits per heavy atom. The molecule has 2 aromatic heterocycles. The number of benzene rings is 3. The van der Waals surface area contributed by atoms with Gasteiger partial charge in [-0.15, -0.1) is 0 Å². The second-order valence-electron chi connectivity index (χ2n) is 5.50. The lowest BCUT2D eigenvalue weighted by Crippen LogP contribution is -1.85. The number of rotatable bonds is 0. The molecule has 2 heterocycles. The van der Waals surface area contributed by atoms with Crippen LogP contribution in [0.15, 0.2) is 60.7 Å². The second-order valence-corrected chi connectivity index (χ2v) is 5.87. The van der Waals surface area contributed by atoms with Gasteiger partial charge in [0.1, 0.15) is 0 Å². The first-order chi connectivity index (χ1) is 10.8. The molecule has 0 atom stereocenters. The van der Waals surface area contributed by atoms with Gasteiger partial charge in [-0.3, -0.25) is 0 Å². The van der Waals surface area contributed by atoms with Crippen LogP contribution in [-0.2, 0) is 0 Å². The maximum absolute atomic E-state index is 6.76. The van der Waals surface area contributed by atoms with Crippen LogP contribution in [0.3, 0.4) is 0 Å². The summed E-state index contributed by atoms with van der Waals surface area (Å²) in [4.78, 5) is 8.20. The summed E-state index contributed by atoms with van der Waals surface area (Å²) in [6.07, 6.45) is 0. The molecule has 3 aromatic carbocycles. The number of hydrogen-bond acceptors (Lipinski definition) is 1. The van der Waals surface area contributed by atoms with E-state index in [0.29, 0.717) is 0 Å². The van der Waals surface area contributed by atoms with Gasteiger partial charge in [-0.1, -0.05) is 48.0 Å². The van der Waals surface area contributed by atoms with Crippen molar-refractivity contribution in [2.45, 2.75) is 0 Å². The van der Waals surface area contributed by atoms with Crippen molar-refractivity contribution in [1.29, 1.82) is 0 Å². The summed E-state index contributed by atoms with van der Waals surface area (Å²) >= 11 is 6.76. The zero-order valence-corrected chi connectivity index (χ0v) is 12.4. The SMILES string of the molecule is Clc1c2ccccc2[nH]c2ccc3nc4ccccc4c3c12. The monoisotopic (exact) mass is 302 g/mol. The molecule has 0 amide bonds. The highest BCUT2D eigenvalue weighted by Gasteiger charge is 2.13. The number of halogens is 1. The molecule has 0 bridgehead atoms. The van der Waals surface area contributed by atoms with Gasteiger partial charge in [-0.25, -0.2) is 4.98 Å². The first kappa shape index (κ1) is 12.0. The van der Waals surface area contributed by atoms with E-state index in [-0.39, 0.29) is 0 Å². The van der Waals surface area contributed by atoms with Crippen molar-refractivity contribution in [3.8, 4) is 0 Å². The molecule has 22 heavy (non-hydrogen) atoms. The molecule has 0 radical (unpaired) electrons. The third kappa shape index (κ3) is 1.48. The minimum absolute atomic E-state index is 0.785. The normalized spacial score (nSPS) is 11.9. The molecule has 0 fully saturated rings. The molecule has 0 unspecified atom stereocenters. The Hall–Kier alpha value is -2.58. The summed E-state index contributed by atoms with van der Waals surface area (Å²) < 4.78 is 0. The van der Waals surface area contributed by atoms with E-state index >= 15 is 0 Å². The van der Waals surface area contributed by atoms with Crippen molar-refractivity contribution >= 4 is 55.2 Å². The van der Waals surface area contributed by atoms with Gasteiger partial charge in [-0.05, 0) is 24.3 Å². The molecule has 5 rings (SSSR count). The van der Waals surface area contributed by atoms with Gasteiger partial charge in [0.05, 0.1) is 16.1 Å². The number of aromatic nitrogens is 2. The Morgan fingerprint density at radius 2 is 1.45 bits per heavy atom. The van der Waals surface area contributed by atoms with Gasteiger partial charge in [0.2, 0.25) is 0 Å². The lowest BCUT2D eigenvalue weighted by molar-refractivity contribution is 1.50. The van der Waals surface area contributed by atoms with E-state index in [0.717, 1.165) is 48.6 Å². The summed E-state index contributed by atoms with van der Waals surface area (Å²) in [5.41, 5.74) is 4.08. The largest absolute Gasteiger partial charge is 0.354 e. The summed E-state index contributed by atoms with van der Waals surface area (Å²) in [6.45, 7) is 0. The van der Waals surface area contributed by atoms with E-state index in [9.17, 15) is 0 Å². The van der Waals surface area contributed by atoms with Crippen LogP contribution in [0.4, 0.5) is 0 Å². The smallest absolute Gasteiger partial charge is 0.0724 e. The highest BCUT2D eigenvalue weighted by Crippen LogP contribution is 2.38. The van der Waals surface area contributed by atoms with Crippen LogP contribution in [0.2, 0.25) is 5.02 Å². The standard InChI is InChI=1S/C19H11ClN2/c20-19-12-6-2-4-8-14(12)22-16-10-9-15-17(18(16)19)11-5-1-3-7-13(11)21-15/h1-10,22H. The van der Waals surface area contributed by atoms with Gasteiger partial charge in [-0.2, -0.15) is 0 Å². The van der Waals surface area contributed by atoms with E-state index in [2.05, 4.69) is 23.2 Å². The third-order valence-corrected chi connectivity index (χ3v) is 4.64. The summed E-state index contributed by atoms with van der Waals surface area (Å²) in [5, 5.41) is 5.14. The third-order valence-electron chi connectivity index (χ3n) is 4.25. The molecule has 0 saturated heterocycles. The van der Waals surface area contributed by atoms with Crippen LogP contribution in [0.1, 0.15) is 0 Å². The van der Waals surface area contributed by atoms with E-state index < -0.39 is 0 Å². The average molecular weight is 303 g/mol. The van der Waals surface area contributed by atoms with Crippen molar-refractivity contribution < 1.29 is 0 Å². The lowest BCUT2D eigenvalue weighted by Gasteiger charge is -2.08. The number of hydrogen-bond donors (Lipinski definition) is 1. The quantitative estimate of drug-likeness (QED) is 0.366. The number of fused-ring (bicyclic) bond motifs is 6. The maximum atomic E-state index is 6.76. The van der Waals surface area contributed by atoms with E-state index in [1.165, 1.54) is 0 Å². The van der Waals surface area contributed by atoms with Gasteiger partial charge in [0.15, 0.2) is 0 Å². The van der Waals surface area contributed by atoms with Crippen molar-refractivity contribution in [3.63, 3.8) is 0 Å². The molecule has 3 heteroatoms. The average Bonchev–Trinajstić information content (AvgIpc) is 2.93. The number of para-hydroxylation sites is 2. The lowest BCUT2D eigenvalue weighted by atomic mass is 10.0. The molecule has 2 nitrogen and oxygen atoms in total. The second kappa shape index (κ2) is 4.21. The molecule has 0 aliphatic heterocycles. The Morgan fingerprint density at radius 3 is 2.36 bits per heavy atom.